The van der Waals surface area contributed by atoms with Crippen LogP contribution in [-0.4, -0.2) is 20.2 Å². The first-order chi connectivity index (χ1) is 11.4. The van der Waals surface area contributed by atoms with Crippen molar-refractivity contribution >= 4 is 21.6 Å². The quantitative estimate of drug-likeness (QED) is 0.721. The Kier molecular flexibility index (Phi) is 4.52. The minimum Gasteiger partial charge on any atom is -0.378 e. The van der Waals surface area contributed by atoms with Gasteiger partial charge in [-0.1, -0.05) is 34.1 Å². The van der Waals surface area contributed by atoms with E-state index in [9.17, 15) is 13.2 Å². The standard InChI is InChI=1S/C15H11BrF3N5/c16-13-7-6-10(8-12(13)15(17,18)19)20-9-14-21-22-23-24(14)11-4-2-1-3-5-11/h1-8,20H,9H2. The first kappa shape index (κ1) is 16.4. The summed E-state index contributed by atoms with van der Waals surface area (Å²) in [7, 11) is 0. The van der Waals surface area contributed by atoms with Crippen LogP contribution >= 0.6 is 15.9 Å². The lowest BCUT2D eigenvalue weighted by atomic mass is 10.2. The van der Waals surface area contributed by atoms with Gasteiger partial charge in [0.1, 0.15) is 0 Å². The summed E-state index contributed by atoms with van der Waals surface area (Å²) in [6, 6.07) is 13.2. The van der Waals surface area contributed by atoms with Crippen LogP contribution in [0.3, 0.4) is 0 Å². The summed E-state index contributed by atoms with van der Waals surface area (Å²) in [6.07, 6.45) is -4.43. The second kappa shape index (κ2) is 6.60. The average molecular weight is 398 g/mol. The molecule has 0 saturated heterocycles. The molecule has 124 valence electrons. The molecule has 2 aromatic carbocycles. The molecule has 0 aliphatic heterocycles. The third kappa shape index (κ3) is 3.56. The molecule has 0 saturated carbocycles. The molecule has 0 bridgehead atoms. The fraction of sp³-hybridized carbons (Fsp3) is 0.133. The van der Waals surface area contributed by atoms with Crippen LogP contribution in [0.1, 0.15) is 11.4 Å². The van der Waals surface area contributed by atoms with Gasteiger partial charge in [0, 0.05) is 10.2 Å². The highest BCUT2D eigenvalue weighted by Gasteiger charge is 2.33. The first-order valence-corrected chi connectivity index (χ1v) is 7.68. The largest absolute Gasteiger partial charge is 0.417 e. The Balaban J connectivity index is 1.79. The molecule has 1 heterocycles. The number of anilines is 1. The van der Waals surface area contributed by atoms with Gasteiger partial charge < -0.3 is 5.32 Å². The third-order valence-corrected chi connectivity index (χ3v) is 3.95. The Hall–Kier alpha value is -2.42. The molecule has 0 spiro atoms. The molecule has 0 aliphatic carbocycles. The van der Waals surface area contributed by atoms with Crippen LogP contribution in [0.25, 0.3) is 5.69 Å². The van der Waals surface area contributed by atoms with Crippen molar-refractivity contribution in [2.75, 3.05) is 5.32 Å². The Morgan fingerprint density at radius 3 is 2.54 bits per heavy atom. The molecule has 1 N–H and O–H groups in total. The summed E-state index contributed by atoms with van der Waals surface area (Å²) >= 11 is 2.91. The van der Waals surface area contributed by atoms with Crippen molar-refractivity contribution in [2.45, 2.75) is 12.7 Å². The molecule has 1 aromatic heterocycles. The second-order valence-electron chi connectivity index (χ2n) is 4.89. The van der Waals surface area contributed by atoms with Crippen molar-refractivity contribution in [2.24, 2.45) is 0 Å². The number of hydrogen-bond acceptors (Lipinski definition) is 4. The van der Waals surface area contributed by atoms with Gasteiger partial charge in [0.2, 0.25) is 0 Å². The molecule has 0 amide bonds. The normalized spacial score (nSPS) is 11.5. The van der Waals surface area contributed by atoms with Crippen molar-refractivity contribution < 1.29 is 13.2 Å². The monoisotopic (exact) mass is 397 g/mol. The molecule has 3 rings (SSSR count). The Bertz CT molecular complexity index is 833. The molecule has 0 atom stereocenters. The van der Waals surface area contributed by atoms with Gasteiger partial charge in [-0.3, -0.25) is 0 Å². The van der Waals surface area contributed by atoms with Gasteiger partial charge in [-0.15, -0.1) is 5.10 Å². The van der Waals surface area contributed by atoms with E-state index in [0.717, 1.165) is 11.8 Å². The van der Waals surface area contributed by atoms with Crippen molar-refractivity contribution in [1.29, 1.82) is 0 Å². The number of halogens is 4. The molecule has 9 heteroatoms. The van der Waals surface area contributed by atoms with Crippen molar-refractivity contribution in [1.82, 2.24) is 20.2 Å². The van der Waals surface area contributed by atoms with Crippen LogP contribution in [0.5, 0.6) is 0 Å². The summed E-state index contributed by atoms with van der Waals surface area (Å²) in [5.41, 5.74) is 0.356. The maximum absolute atomic E-state index is 12.9. The molecule has 0 radical (unpaired) electrons. The van der Waals surface area contributed by atoms with E-state index < -0.39 is 11.7 Å². The minimum absolute atomic E-state index is 0.00494. The molecular weight excluding hydrogens is 387 g/mol. The summed E-state index contributed by atoms with van der Waals surface area (Å²) in [4.78, 5) is 0. The predicted octanol–water partition coefficient (Wildman–Crippen LogP) is 4.06. The maximum atomic E-state index is 12.9. The number of hydrogen-bond donors (Lipinski definition) is 1. The van der Waals surface area contributed by atoms with Gasteiger partial charge in [0.15, 0.2) is 5.82 Å². The number of tetrazole rings is 1. The average Bonchev–Trinajstić information content (AvgIpc) is 3.02. The van der Waals surface area contributed by atoms with Gasteiger partial charge in [0.05, 0.1) is 17.8 Å². The molecule has 0 unspecified atom stereocenters. The molecule has 5 nitrogen and oxygen atoms in total. The zero-order chi connectivity index (χ0) is 17.2. The van der Waals surface area contributed by atoms with Gasteiger partial charge in [-0.25, -0.2) is 0 Å². The number of benzene rings is 2. The van der Waals surface area contributed by atoms with Crippen molar-refractivity contribution in [3.8, 4) is 5.69 Å². The van der Waals surface area contributed by atoms with Gasteiger partial charge in [0.25, 0.3) is 0 Å². The van der Waals surface area contributed by atoms with Crippen LogP contribution in [0.4, 0.5) is 18.9 Å². The minimum atomic E-state index is -4.43. The summed E-state index contributed by atoms with van der Waals surface area (Å²) < 4.78 is 40.3. The van der Waals surface area contributed by atoms with E-state index in [2.05, 4.69) is 36.8 Å². The molecular formula is C15H11BrF3N5. The fourth-order valence-corrected chi connectivity index (χ4v) is 2.59. The zero-order valence-corrected chi connectivity index (χ0v) is 13.7. The number of rotatable bonds is 4. The van der Waals surface area contributed by atoms with Crippen molar-refractivity contribution in [3.05, 3.63) is 64.4 Å². The number of aromatic nitrogens is 4. The van der Waals surface area contributed by atoms with E-state index in [1.807, 2.05) is 30.3 Å². The maximum Gasteiger partial charge on any atom is 0.417 e. The van der Waals surface area contributed by atoms with E-state index in [0.29, 0.717) is 11.5 Å². The van der Waals surface area contributed by atoms with Gasteiger partial charge in [-0.2, -0.15) is 17.9 Å². The lowest BCUT2D eigenvalue weighted by Crippen LogP contribution is -2.10. The number of alkyl halides is 3. The van der Waals surface area contributed by atoms with Crippen LogP contribution in [0.2, 0.25) is 0 Å². The topological polar surface area (TPSA) is 55.6 Å². The van der Waals surface area contributed by atoms with Crippen LogP contribution in [0, 0.1) is 0 Å². The lowest BCUT2D eigenvalue weighted by Gasteiger charge is -2.12. The highest BCUT2D eigenvalue weighted by Crippen LogP contribution is 2.36. The number of nitrogens with zero attached hydrogens (tertiary/aromatic N) is 4. The van der Waals surface area contributed by atoms with E-state index in [4.69, 9.17) is 0 Å². The van der Waals surface area contributed by atoms with Gasteiger partial charge in [-0.05, 0) is 40.8 Å². The SMILES string of the molecule is FC(F)(F)c1cc(NCc2nnnn2-c2ccccc2)ccc1Br. The smallest absolute Gasteiger partial charge is 0.378 e. The Labute approximate surface area is 143 Å². The third-order valence-electron chi connectivity index (χ3n) is 3.26. The molecule has 0 aliphatic rings. The molecule has 24 heavy (non-hydrogen) atoms. The summed E-state index contributed by atoms with van der Waals surface area (Å²) in [5.74, 6) is 0.484. The second-order valence-corrected chi connectivity index (χ2v) is 5.74. The van der Waals surface area contributed by atoms with Crippen LogP contribution < -0.4 is 5.32 Å². The summed E-state index contributed by atoms with van der Waals surface area (Å²) in [6.45, 7) is 0.181. The first-order valence-electron chi connectivity index (χ1n) is 6.88. The molecule has 0 fully saturated rings. The van der Waals surface area contributed by atoms with E-state index in [1.165, 1.54) is 10.7 Å². The Morgan fingerprint density at radius 2 is 1.83 bits per heavy atom. The number of para-hydroxylation sites is 1. The summed E-state index contributed by atoms with van der Waals surface area (Å²) in [5, 5.41) is 14.3. The lowest BCUT2D eigenvalue weighted by molar-refractivity contribution is -0.138. The van der Waals surface area contributed by atoms with Gasteiger partial charge >= 0.3 is 6.18 Å². The zero-order valence-electron chi connectivity index (χ0n) is 12.1. The molecule has 3 aromatic rings. The highest BCUT2D eigenvalue weighted by atomic mass is 79.9. The Morgan fingerprint density at radius 1 is 1.08 bits per heavy atom. The van der Waals surface area contributed by atoms with E-state index in [1.54, 1.807) is 6.07 Å². The number of nitrogens with one attached hydrogen (secondary N) is 1. The van der Waals surface area contributed by atoms with Crippen molar-refractivity contribution in [3.63, 3.8) is 0 Å². The predicted molar refractivity (Wildman–Crippen MR) is 85.6 cm³/mol. The fourth-order valence-electron chi connectivity index (χ4n) is 2.12. The van der Waals surface area contributed by atoms with E-state index in [-0.39, 0.29) is 11.0 Å². The van der Waals surface area contributed by atoms with Crippen LogP contribution in [0.15, 0.2) is 53.0 Å². The van der Waals surface area contributed by atoms with E-state index >= 15 is 0 Å². The van der Waals surface area contributed by atoms with Crippen LogP contribution in [-0.2, 0) is 12.7 Å². The highest BCUT2D eigenvalue weighted by molar-refractivity contribution is 9.10.